The molecule has 0 aliphatic carbocycles. The molecule has 0 aliphatic heterocycles. The van der Waals surface area contributed by atoms with E-state index in [1.54, 1.807) is 0 Å². The van der Waals surface area contributed by atoms with Crippen LogP contribution in [0.5, 0.6) is 0 Å². The normalized spacial score (nSPS) is 13.4. The average Bonchev–Trinajstić information content (AvgIpc) is 2.19. The molecule has 0 rings (SSSR count). The molecule has 0 radical (unpaired) electrons. The Morgan fingerprint density at radius 3 is 2.56 bits per heavy atom. The van der Waals surface area contributed by atoms with E-state index in [2.05, 4.69) is 10.0 Å². The number of hydrogen-bond donors (Lipinski definition) is 3. The molecule has 0 fully saturated rings. The number of nitrogens with two attached hydrogens (primary N) is 1. The van der Waals surface area contributed by atoms with Crippen molar-refractivity contribution in [1.29, 1.82) is 0 Å². The number of sulfonamides is 1. The molecule has 0 saturated carbocycles. The van der Waals surface area contributed by atoms with Crippen molar-refractivity contribution in [2.24, 2.45) is 5.73 Å². The van der Waals surface area contributed by atoms with Crippen molar-refractivity contribution in [2.75, 3.05) is 33.1 Å². The fraction of sp³-hybridized carbons (Fsp3) is 0.875. The van der Waals surface area contributed by atoms with Gasteiger partial charge in [-0.2, -0.15) is 0 Å². The van der Waals surface area contributed by atoms with Crippen LogP contribution in [0.3, 0.4) is 0 Å². The molecule has 1 atom stereocenters. The molecule has 1 amide bonds. The van der Waals surface area contributed by atoms with Gasteiger partial charge in [0.15, 0.2) is 0 Å². The Balaban J connectivity index is 3.65. The summed E-state index contributed by atoms with van der Waals surface area (Å²) in [6.45, 7) is 0.782. The molecule has 0 aliphatic rings. The largest absolute Gasteiger partial charge is 0.385 e. The smallest absolute Gasteiger partial charge is 0.237 e. The number of carbonyl (C=O) groups excluding carboxylic acids is 1. The lowest BCUT2D eigenvalue weighted by atomic mass is 10.2. The zero-order valence-corrected chi connectivity index (χ0v) is 10.3. The Morgan fingerprint density at radius 1 is 1.44 bits per heavy atom. The Labute approximate surface area is 95.8 Å². The summed E-state index contributed by atoms with van der Waals surface area (Å²) in [5.74, 6) is -0.313. The maximum atomic E-state index is 11.3. The highest BCUT2D eigenvalue weighted by atomic mass is 32.2. The Hall–Kier alpha value is -0.700. The molecule has 96 valence electrons. The van der Waals surface area contributed by atoms with E-state index in [-0.39, 0.29) is 19.0 Å². The van der Waals surface area contributed by atoms with E-state index in [1.165, 1.54) is 7.11 Å². The number of rotatable bonds is 8. The molecule has 0 aromatic heterocycles. The molecule has 1 unspecified atom stereocenters. The van der Waals surface area contributed by atoms with Crippen molar-refractivity contribution in [1.82, 2.24) is 10.0 Å². The first-order chi connectivity index (χ1) is 7.37. The monoisotopic (exact) mass is 253 g/mol. The lowest BCUT2D eigenvalue weighted by molar-refractivity contribution is -0.122. The van der Waals surface area contributed by atoms with Gasteiger partial charge >= 0.3 is 0 Å². The van der Waals surface area contributed by atoms with E-state index >= 15 is 0 Å². The van der Waals surface area contributed by atoms with Crippen LogP contribution in [-0.4, -0.2) is 53.4 Å². The summed E-state index contributed by atoms with van der Waals surface area (Å²) in [6.07, 6.45) is 1.49. The van der Waals surface area contributed by atoms with Crippen molar-refractivity contribution in [2.45, 2.75) is 12.5 Å². The Bertz CT molecular complexity index is 304. The number of nitrogens with one attached hydrogen (secondary N) is 2. The van der Waals surface area contributed by atoms with Crippen LogP contribution in [-0.2, 0) is 19.6 Å². The molecule has 0 aromatic carbocycles. The molecule has 16 heavy (non-hydrogen) atoms. The van der Waals surface area contributed by atoms with E-state index in [0.717, 1.165) is 6.26 Å². The molecular weight excluding hydrogens is 234 g/mol. The zero-order chi connectivity index (χ0) is 12.6. The SMILES string of the molecule is COCCC(N)C(=O)NCCNS(C)(=O)=O. The summed E-state index contributed by atoms with van der Waals surface area (Å²) < 4.78 is 28.4. The molecular formula is C8H19N3O4S. The quantitative estimate of drug-likeness (QED) is 0.434. The van der Waals surface area contributed by atoms with Gasteiger partial charge in [0.2, 0.25) is 15.9 Å². The molecule has 4 N–H and O–H groups in total. The van der Waals surface area contributed by atoms with Gasteiger partial charge in [0.1, 0.15) is 0 Å². The topological polar surface area (TPSA) is 111 Å². The summed E-state index contributed by atoms with van der Waals surface area (Å²) in [7, 11) is -1.68. The lowest BCUT2D eigenvalue weighted by Crippen LogP contribution is -2.43. The first-order valence-corrected chi connectivity index (χ1v) is 6.73. The van der Waals surface area contributed by atoms with E-state index in [4.69, 9.17) is 10.5 Å². The molecule has 0 aromatic rings. The summed E-state index contributed by atoms with van der Waals surface area (Å²) in [5, 5.41) is 2.52. The minimum Gasteiger partial charge on any atom is -0.385 e. The minimum absolute atomic E-state index is 0.154. The van der Waals surface area contributed by atoms with Crippen molar-refractivity contribution >= 4 is 15.9 Å². The second-order valence-electron chi connectivity index (χ2n) is 3.35. The van der Waals surface area contributed by atoms with Gasteiger partial charge in [0.05, 0.1) is 12.3 Å². The van der Waals surface area contributed by atoms with Gasteiger partial charge in [-0.25, -0.2) is 13.1 Å². The third-order valence-electron chi connectivity index (χ3n) is 1.76. The second kappa shape index (κ2) is 7.55. The van der Waals surface area contributed by atoms with Gasteiger partial charge in [0, 0.05) is 26.8 Å². The van der Waals surface area contributed by atoms with Crippen LogP contribution in [0.15, 0.2) is 0 Å². The standard InChI is InChI=1S/C8H19N3O4S/c1-15-6-3-7(9)8(12)10-4-5-11-16(2,13)14/h7,11H,3-6,9H2,1-2H3,(H,10,12). The number of carbonyl (C=O) groups is 1. The predicted molar refractivity (Wildman–Crippen MR) is 60.3 cm³/mol. The molecule has 8 heteroatoms. The predicted octanol–water partition coefficient (Wildman–Crippen LogP) is -1.98. The van der Waals surface area contributed by atoms with Gasteiger partial charge in [-0.15, -0.1) is 0 Å². The first kappa shape index (κ1) is 15.3. The minimum atomic E-state index is -3.21. The summed E-state index contributed by atoms with van der Waals surface area (Å²) >= 11 is 0. The number of ether oxygens (including phenoxy) is 1. The van der Waals surface area contributed by atoms with E-state index in [0.29, 0.717) is 13.0 Å². The highest BCUT2D eigenvalue weighted by molar-refractivity contribution is 7.88. The van der Waals surface area contributed by atoms with Crippen LogP contribution in [0, 0.1) is 0 Å². The number of hydrogen-bond acceptors (Lipinski definition) is 5. The van der Waals surface area contributed by atoms with Crippen molar-refractivity contribution in [3.8, 4) is 0 Å². The van der Waals surface area contributed by atoms with E-state index in [9.17, 15) is 13.2 Å². The van der Waals surface area contributed by atoms with Gasteiger partial charge in [-0.3, -0.25) is 4.79 Å². The number of amides is 1. The summed E-state index contributed by atoms with van der Waals surface area (Å²) in [6, 6.07) is -0.627. The van der Waals surface area contributed by atoms with Crippen LogP contribution < -0.4 is 15.8 Å². The van der Waals surface area contributed by atoms with Crippen LogP contribution in [0.1, 0.15) is 6.42 Å². The van der Waals surface area contributed by atoms with Crippen LogP contribution in [0.4, 0.5) is 0 Å². The third kappa shape index (κ3) is 8.60. The average molecular weight is 253 g/mol. The summed E-state index contributed by atoms with van der Waals surface area (Å²) in [4.78, 5) is 11.3. The maximum Gasteiger partial charge on any atom is 0.237 e. The molecule has 0 bridgehead atoms. The van der Waals surface area contributed by atoms with Gasteiger partial charge in [-0.05, 0) is 6.42 Å². The highest BCUT2D eigenvalue weighted by Crippen LogP contribution is 1.88. The second-order valence-corrected chi connectivity index (χ2v) is 5.18. The Morgan fingerprint density at radius 2 is 2.06 bits per heavy atom. The Kier molecular flexibility index (Phi) is 7.22. The fourth-order valence-electron chi connectivity index (χ4n) is 0.929. The third-order valence-corrected chi connectivity index (χ3v) is 2.49. The van der Waals surface area contributed by atoms with E-state index < -0.39 is 16.1 Å². The highest BCUT2D eigenvalue weighted by Gasteiger charge is 2.12. The molecule has 0 spiro atoms. The van der Waals surface area contributed by atoms with Gasteiger partial charge < -0.3 is 15.8 Å². The summed E-state index contributed by atoms with van der Waals surface area (Å²) in [5.41, 5.74) is 5.54. The van der Waals surface area contributed by atoms with Crippen LogP contribution in [0.25, 0.3) is 0 Å². The van der Waals surface area contributed by atoms with Crippen LogP contribution in [0.2, 0.25) is 0 Å². The van der Waals surface area contributed by atoms with Crippen molar-refractivity contribution < 1.29 is 17.9 Å². The van der Waals surface area contributed by atoms with E-state index in [1.807, 2.05) is 0 Å². The van der Waals surface area contributed by atoms with Gasteiger partial charge in [-0.1, -0.05) is 0 Å². The number of methoxy groups -OCH3 is 1. The van der Waals surface area contributed by atoms with Gasteiger partial charge in [0.25, 0.3) is 0 Å². The van der Waals surface area contributed by atoms with Crippen molar-refractivity contribution in [3.05, 3.63) is 0 Å². The first-order valence-electron chi connectivity index (χ1n) is 4.83. The molecule has 7 nitrogen and oxygen atoms in total. The maximum absolute atomic E-state index is 11.3. The lowest BCUT2D eigenvalue weighted by Gasteiger charge is -2.11. The van der Waals surface area contributed by atoms with Crippen LogP contribution >= 0.6 is 0 Å². The van der Waals surface area contributed by atoms with Crippen molar-refractivity contribution in [3.63, 3.8) is 0 Å². The zero-order valence-electron chi connectivity index (χ0n) is 9.52. The fourth-order valence-corrected chi connectivity index (χ4v) is 1.40. The molecule has 0 heterocycles. The molecule has 0 saturated heterocycles.